The number of Topliss-reactive ketones (excluding diaryl/α,β-unsaturated/α-hetero) is 1. The first-order chi connectivity index (χ1) is 20.3. The molecule has 42 heavy (non-hydrogen) atoms. The summed E-state index contributed by atoms with van der Waals surface area (Å²) in [7, 11) is 0. The summed E-state index contributed by atoms with van der Waals surface area (Å²) in [5.74, 6) is -2.49. The van der Waals surface area contributed by atoms with Gasteiger partial charge in [0.05, 0.1) is 6.04 Å². The van der Waals surface area contributed by atoms with E-state index in [1.165, 1.54) is 11.0 Å². The Morgan fingerprint density at radius 1 is 0.929 bits per heavy atom. The van der Waals surface area contributed by atoms with Crippen molar-refractivity contribution < 1.29 is 24.0 Å². The molecule has 1 saturated heterocycles. The minimum atomic E-state index is -1.05. The van der Waals surface area contributed by atoms with Gasteiger partial charge in [-0.2, -0.15) is 0 Å². The molecule has 226 valence electrons. The molecule has 1 aromatic carbocycles. The second-order valence-electron chi connectivity index (χ2n) is 11.5. The maximum absolute atomic E-state index is 14.1. The molecule has 1 aliphatic heterocycles. The molecule has 2 aliphatic carbocycles. The summed E-state index contributed by atoms with van der Waals surface area (Å²) in [4.78, 5) is 67.4. The predicted molar refractivity (Wildman–Crippen MR) is 159 cm³/mol. The Labute approximate surface area is 247 Å². The number of urea groups is 1. The number of likely N-dealkylation sites (tertiary alicyclic amines) is 1. The molecule has 4 N–H and O–H groups in total. The smallest absolute Gasteiger partial charge is 0.315 e. The first-order valence-electron chi connectivity index (χ1n) is 15.1. The first-order valence-corrected chi connectivity index (χ1v) is 15.1. The molecule has 0 spiro atoms. The lowest BCUT2D eigenvalue weighted by Crippen LogP contribution is -2.59. The van der Waals surface area contributed by atoms with Gasteiger partial charge in [0.2, 0.25) is 17.6 Å². The van der Waals surface area contributed by atoms with Crippen LogP contribution in [0.25, 0.3) is 0 Å². The van der Waals surface area contributed by atoms with Crippen LogP contribution in [0.4, 0.5) is 4.79 Å². The molecule has 2 fully saturated rings. The van der Waals surface area contributed by atoms with Gasteiger partial charge in [0.1, 0.15) is 12.1 Å². The highest BCUT2D eigenvalue weighted by Crippen LogP contribution is 2.31. The molecule has 0 radical (unpaired) electrons. The third kappa shape index (κ3) is 7.66. The summed E-state index contributed by atoms with van der Waals surface area (Å²) < 4.78 is 0. The molecule has 3 aliphatic rings. The number of allylic oxidation sites excluding steroid dienone is 1. The van der Waals surface area contributed by atoms with Crippen molar-refractivity contribution in [2.45, 2.75) is 88.4 Å². The van der Waals surface area contributed by atoms with E-state index in [4.69, 9.17) is 0 Å². The lowest BCUT2D eigenvalue weighted by atomic mass is 9.94. The zero-order chi connectivity index (χ0) is 30.1. The van der Waals surface area contributed by atoms with Gasteiger partial charge >= 0.3 is 6.03 Å². The fraction of sp³-hybridized carbons (Fsp3) is 0.531. The topological polar surface area (TPSA) is 137 Å². The molecule has 1 unspecified atom stereocenters. The number of amides is 5. The Morgan fingerprint density at radius 3 is 2.26 bits per heavy atom. The molecule has 1 saturated carbocycles. The summed E-state index contributed by atoms with van der Waals surface area (Å²) >= 11 is 0. The first kappa shape index (κ1) is 31.0. The van der Waals surface area contributed by atoms with Crippen molar-refractivity contribution in [1.29, 1.82) is 0 Å². The van der Waals surface area contributed by atoms with Gasteiger partial charge in [-0.1, -0.05) is 49.3 Å². The van der Waals surface area contributed by atoms with Gasteiger partial charge in [-0.3, -0.25) is 19.2 Å². The Bertz CT molecular complexity index is 1170. The van der Waals surface area contributed by atoms with Crippen LogP contribution in [0.2, 0.25) is 0 Å². The van der Waals surface area contributed by atoms with Crippen LogP contribution in [0.5, 0.6) is 0 Å². The van der Waals surface area contributed by atoms with Crippen molar-refractivity contribution in [2.24, 2.45) is 5.92 Å². The van der Waals surface area contributed by atoms with E-state index in [1.807, 2.05) is 24.3 Å². The van der Waals surface area contributed by atoms with Gasteiger partial charge in [0.15, 0.2) is 0 Å². The second-order valence-corrected chi connectivity index (χ2v) is 11.5. The lowest BCUT2D eigenvalue weighted by molar-refractivity contribution is -0.143. The molecule has 1 aromatic rings. The summed E-state index contributed by atoms with van der Waals surface area (Å²) in [6, 6.07) is 5.11. The van der Waals surface area contributed by atoms with E-state index in [-0.39, 0.29) is 36.9 Å². The average molecular weight is 578 g/mol. The van der Waals surface area contributed by atoms with E-state index in [1.54, 1.807) is 6.08 Å². The van der Waals surface area contributed by atoms with Crippen LogP contribution in [-0.2, 0) is 32.0 Å². The number of hydrogen-bond donors (Lipinski definition) is 4. The van der Waals surface area contributed by atoms with Gasteiger partial charge in [-0.05, 0) is 68.4 Å². The molecular weight excluding hydrogens is 534 g/mol. The van der Waals surface area contributed by atoms with Crippen LogP contribution in [0.1, 0.15) is 62.5 Å². The molecule has 0 aromatic heterocycles. The van der Waals surface area contributed by atoms with E-state index < -0.39 is 35.7 Å². The van der Waals surface area contributed by atoms with Crippen molar-refractivity contribution in [3.8, 4) is 0 Å². The molecule has 1 heterocycles. The second kappa shape index (κ2) is 14.8. The van der Waals surface area contributed by atoms with Gasteiger partial charge in [-0.25, -0.2) is 4.79 Å². The normalized spacial score (nSPS) is 19.8. The van der Waals surface area contributed by atoms with Crippen LogP contribution >= 0.6 is 0 Å². The summed E-state index contributed by atoms with van der Waals surface area (Å²) in [5, 5.41) is 11.2. The Morgan fingerprint density at radius 2 is 1.62 bits per heavy atom. The average Bonchev–Trinajstić information content (AvgIpc) is 3.77. The number of benzene rings is 1. The number of hydrogen-bond acceptors (Lipinski definition) is 5. The Kier molecular flexibility index (Phi) is 10.9. The fourth-order valence-electron chi connectivity index (χ4n) is 6.36. The fourth-order valence-corrected chi connectivity index (χ4v) is 6.36. The molecule has 0 bridgehead atoms. The maximum Gasteiger partial charge on any atom is 0.315 e. The number of carbonyl (C=O) groups excluding carboxylic acids is 5. The Hall–Kier alpha value is -3.95. The molecule has 4 rings (SSSR count). The van der Waals surface area contributed by atoms with E-state index in [9.17, 15) is 24.0 Å². The zero-order valence-electron chi connectivity index (χ0n) is 24.2. The molecule has 3 atom stereocenters. The van der Waals surface area contributed by atoms with Crippen molar-refractivity contribution in [1.82, 2.24) is 26.2 Å². The maximum atomic E-state index is 14.1. The minimum Gasteiger partial charge on any atom is -0.346 e. The highest BCUT2D eigenvalue weighted by atomic mass is 16.2. The molecule has 10 heteroatoms. The number of ketones is 1. The number of nitrogens with one attached hydrogen (secondary N) is 4. The number of carbonyl (C=O) groups is 5. The quantitative estimate of drug-likeness (QED) is 0.211. The van der Waals surface area contributed by atoms with Crippen molar-refractivity contribution in [2.75, 3.05) is 13.1 Å². The molecule has 10 nitrogen and oxygen atoms in total. The van der Waals surface area contributed by atoms with E-state index in [0.29, 0.717) is 38.6 Å². The number of fused-ring (bicyclic) bond motifs is 1. The van der Waals surface area contributed by atoms with Crippen LogP contribution < -0.4 is 21.3 Å². The summed E-state index contributed by atoms with van der Waals surface area (Å²) in [5.41, 5.74) is 2.32. The van der Waals surface area contributed by atoms with E-state index in [0.717, 1.165) is 36.8 Å². The predicted octanol–water partition coefficient (Wildman–Crippen LogP) is 2.33. The van der Waals surface area contributed by atoms with Crippen LogP contribution in [0.15, 0.2) is 49.6 Å². The SMILES string of the molecule is C=CCCC(NC(=O)[C@@H]1CCCN1C(=O)[C@@H](NC(=O)NC1CCCC1)C1Cc2ccccc2C1)C(=O)C(=O)NCC=C. The van der Waals surface area contributed by atoms with Crippen LogP contribution in [0, 0.1) is 5.92 Å². The van der Waals surface area contributed by atoms with E-state index in [2.05, 4.69) is 34.4 Å². The highest BCUT2D eigenvalue weighted by molar-refractivity contribution is 6.38. The van der Waals surface area contributed by atoms with Gasteiger partial charge < -0.3 is 26.2 Å². The number of nitrogens with zero attached hydrogens (tertiary/aromatic N) is 1. The third-order valence-corrected chi connectivity index (χ3v) is 8.56. The van der Waals surface area contributed by atoms with Crippen LogP contribution in [-0.4, -0.2) is 71.7 Å². The third-order valence-electron chi connectivity index (χ3n) is 8.56. The number of rotatable bonds is 13. The van der Waals surface area contributed by atoms with Crippen LogP contribution in [0.3, 0.4) is 0 Å². The van der Waals surface area contributed by atoms with Crippen molar-refractivity contribution in [3.05, 3.63) is 60.7 Å². The van der Waals surface area contributed by atoms with Crippen molar-refractivity contribution >= 4 is 29.5 Å². The summed E-state index contributed by atoms with van der Waals surface area (Å²) in [6.45, 7) is 7.70. The van der Waals surface area contributed by atoms with E-state index >= 15 is 0 Å². The van der Waals surface area contributed by atoms with Crippen molar-refractivity contribution in [3.63, 3.8) is 0 Å². The van der Waals surface area contributed by atoms with Gasteiger partial charge in [0.25, 0.3) is 5.91 Å². The van der Waals surface area contributed by atoms with Gasteiger partial charge in [0, 0.05) is 19.1 Å². The van der Waals surface area contributed by atoms with Gasteiger partial charge in [-0.15, -0.1) is 13.2 Å². The zero-order valence-corrected chi connectivity index (χ0v) is 24.2. The standard InChI is InChI=1S/C32H43N5O5/c1-3-5-15-25(28(38)30(40)33-17-4-2)35-29(39)26-16-10-18-37(26)31(41)27(36-32(42)34-24-13-8-9-14-24)23-19-21-11-6-7-12-22(21)20-23/h3-4,6-7,11-12,23-27H,1-2,5,8-10,13-20H2,(H,33,40)(H,35,39)(H2,34,36,42)/t25?,26-,27-/m0/s1. The molecule has 5 amide bonds. The monoisotopic (exact) mass is 577 g/mol. The largest absolute Gasteiger partial charge is 0.346 e. The molecular formula is C32H43N5O5. The minimum absolute atomic E-state index is 0.0977. The summed E-state index contributed by atoms with van der Waals surface area (Å²) in [6.07, 6.45) is 10.0. The Balaban J connectivity index is 1.49. The lowest BCUT2D eigenvalue weighted by Gasteiger charge is -2.32. The highest BCUT2D eigenvalue weighted by Gasteiger charge is 2.43.